The zero-order valence-corrected chi connectivity index (χ0v) is 17.5. The molecule has 1 aromatic heterocycles. The number of nitrogens with zero attached hydrogens (tertiary/aromatic N) is 1. The van der Waals surface area contributed by atoms with Crippen LogP contribution in [0.3, 0.4) is 0 Å². The van der Waals surface area contributed by atoms with E-state index in [0.29, 0.717) is 24.1 Å². The zero-order valence-electron chi connectivity index (χ0n) is 16.6. The molecule has 2 aromatic rings. The molecule has 0 atom stereocenters. The molecule has 30 heavy (non-hydrogen) atoms. The van der Waals surface area contributed by atoms with Crippen molar-refractivity contribution in [2.75, 3.05) is 18.5 Å². The lowest BCUT2D eigenvalue weighted by Gasteiger charge is -2.22. The van der Waals surface area contributed by atoms with Crippen LogP contribution in [0.4, 0.5) is 5.82 Å². The van der Waals surface area contributed by atoms with E-state index in [-0.39, 0.29) is 17.0 Å². The molecule has 0 aliphatic heterocycles. The van der Waals surface area contributed by atoms with Crippen LogP contribution in [0.25, 0.3) is 0 Å². The van der Waals surface area contributed by atoms with Gasteiger partial charge in [-0.1, -0.05) is 31.2 Å². The van der Waals surface area contributed by atoms with Gasteiger partial charge in [-0.2, -0.15) is 4.72 Å². The van der Waals surface area contributed by atoms with Crippen molar-refractivity contribution in [3.8, 4) is 18.1 Å². The second-order valence-corrected chi connectivity index (χ2v) is 8.94. The number of ether oxygens (including phenoxy) is 1. The highest BCUT2D eigenvalue weighted by atomic mass is 32.2. The number of hydrogen-bond acceptors (Lipinski definition) is 5. The minimum atomic E-state index is -3.79. The summed E-state index contributed by atoms with van der Waals surface area (Å²) in [5, 5.41) is 2.71. The normalized spacial score (nSPS) is 14.6. The van der Waals surface area contributed by atoms with Crippen molar-refractivity contribution in [1.82, 2.24) is 9.71 Å². The lowest BCUT2D eigenvalue weighted by atomic mass is 9.90. The minimum Gasteiger partial charge on any atom is -0.489 e. The first-order chi connectivity index (χ1) is 14.5. The van der Waals surface area contributed by atoms with Crippen molar-refractivity contribution in [3.05, 3.63) is 48.2 Å². The number of amides is 1. The molecule has 1 saturated carbocycles. The Morgan fingerprint density at radius 2 is 2.00 bits per heavy atom. The van der Waals surface area contributed by atoms with Crippen molar-refractivity contribution >= 4 is 21.7 Å². The Balaban J connectivity index is 1.70. The van der Waals surface area contributed by atoms with Crippen molar-refractivity contribution in [3.63, 3.8) is 0 Å². The molecule has 0 saturated heterocycles. The van der Waals surface area contributed by atoms with Crippen LogP contribution in [-0.4, -0.2) is 32.5 Å². The fourth-order valence-electron chi connectivity index (χ4n) is 3.37. The Hall–Kier alpha value is -2.89. The number of anilines is 1. The van der Waals surface area contributed by atoms with Crippen LogP contribution in [-0.2, 0) is 10.0 Å². The lowest BCUT2D eigenvalue weighted by Crippen LogP contribution is -2.24. The third-order valence-electron chi connectivity index (χ3n) is 4.97. The molecule has 0 unspecified atom stereocenters. The van der Waals surface area contributed by atoms with Crippen LogP contribution in [0.5, 0.6) is 5.75 Å². The van der Waals surface area contributed by atoms with Gasteiger partial charge in [-0.15, -0.1) is 6.42 Å². The van der Waals surface area contributed by atoms with Gasteiger partial charge in [0, 0.05) is 11.8 Å². The fraction of sp³-hybridized carbons (Fsp3) is 0.364. The molecular formula is C22H25N3O4S. The number of carbonyl (C=O) groups is 1. The first-order valence-corrected chi connectivity index (χ1v) is 11.4. The predicted molar refractivity (Wildman–Crippen MR) is 115 cm³/mol. The SMILES string of the molecule is C#CCNS(=O)(=O)c1cccc(C(=O)Nc2ncccc2OCC2CCCCC2)c1. The second-order valence-electron chi connectivity index (χ2n) is 7.18. The van der Waals surface area contributed by atoms with Gasteiger partial charge in [-0.05, 0) is 49.1 Å². The van der Waals surface area contributed by atoms with Crippen LogP contribution < -0.4 is 14.8 Å². The molecule has 1 aromatic carbocycles. The van der Waals surface area contributed by atoms with Gasteiger partial charge in [0.25, 0.3) is 5.91 Å². The van der Waals surface area contributed by atoms with E-state index in [1.54, 1.807) is 18.3 Å². The molecule has 0 bridgehead atoms. The first-order valence-electron chi connectivity index (χ1n) is 9.92. The summed E-state index contributed by atoms with van der Waals surface area (Å²) in [5.41, 5.74) is 0.183. The fourth-order valence-corrected chi connectivity index (χ4v) is 4.35. The quantitative estimate of drug-likeness (QED) is 0.631. The Morgan fingerprint density at radius 1 is 1.20 bits per heavy atom. The van der Waals surface area contributed by atoms with Crippen molar-refractivity contribution in [1.29, 1.82) is 0 Å². The lowest BCUT2D eigenvalue weighted by molar-refractivity contribution is 0.102. The number of benzene rings is 1. The Morgan fingerprint density at radius 3 is 2.77 bits per heavy atom. The van der Waals surface area contributed by atoms with Crippen LogP contribution >= 0.6 is 0 Å². The van der Waals surface area contributed by atoms with Gasteiger partial charge in [0.05, 0.1) is 18.0 Å². The maximum atomic E-state index is 12.7. The minimum absolute atomic E-state index is 0.0415. The van der Waals surface area contributed by atoms with Gasteiger partial charge in [0.1, 0.15) is 0 Å². The van der Waals surface area contributed by atoms with E-state index >= 15 is 0 Å². The van der Waals surface area contributed by atoms with Gasteiger partial charge in [-0.25, -0.2) is 13.4 Å². The van der Waals surface area contributed by atoms with Crippen molar-refractivity contribution < 1.29 is 17.9 Å². The number of rotatable bonds is 8. The van der Waals surface area contributed by atoms with E-state index in [4.69, 9.17) is 11.2 Å². The maximum absolute atomic E-state index is 12.7. The molecule has 158 valence electrons. The largest absolute Gasteiger partial charge is 0.489 e. The summed E-state index contributed by atoms with van der Waals surface area (Å²) < 4.78 is 32.7. The number of pyridine rings is 1. The van der Waals surface area contributed by atoms with Crippen molar-refractivity contribution in [2.45, 2.75) is 37.0 Å². The second kappa shape index (κ2) is 10.2. The molecule has 1 aliphatic carbocycles. The molecule has 1 fully saturated rings. The zero-order chi connectivity index (χ0) is 21.4. The number of terminal acetylenes is 1. The van der Waals surface area contributed by atoms with E-state index in [1.165, 1.54) is 43.5 Å². The highest BCUT2D eigenvalue weighted by Gasteiger charge is 2.18. The number of nitrogens with one attached hydrogen (secondary N) is 2. The van der Waals surface area contributed by atoms with Crippen molar-refractivity contribution in [2.24, 2.45) is 5.92 Å². The summed E-state index contributed by atoms with van der Waals surface area (Å²) in [6.45, 7) is 0.456. The van der Waals surface area contributed by atoms with Crippen LogP contribution in [0.1, 0.15) is 42.5 Å². The van der Waals surface area contributed by atoms with Gasteiger partial charge < -0.3 is 10.1 Å². The highest BCUT2D eigenvalue weighted by molar-refractivity contribution is 7.89. The van der Waals surface area contributed by atoms with Gasteiger partial charge >= 0.3 is 0 Å². The topological polar surface area (TPSA) is 97.4 Å². The molecule has 0 radical (unpaired) electrons. The molecule has 1 amide bonds. The maximum Gasteiger partial charge on any atom is 0.256 e. The summed E-state index contributed by atoms with van der Waals surface area (Å²) in [6.07, 6.45) is 12.7. The summed E-state index contributed by atoms with van der Waals surface area (Å²) >= 11 is 0. The predicted octanol–water partition coefficient (Wildman–Crippen LogP) is 3.20. The van der Waals surface area contributed by atoms with E-state index in [0.717, 1.165) is 12.8 Å². The molecule has 1 heterocycles. The molecule has 1 aliphatic rings. The Bertz CT molecular complexity index is 1020. The first kappa shape index (κ1) is 21.8. The molecule has 3 rings (SSSR count). The summed E-state index contributed by atoms with van der Waals surface area (Å²) in [4.78, 5) is 16.9. The van der Waals surface area contributed by atoms with E-state index < -0.39 is 15.9 Å². The number of sulfonamides is 1. The smallest absolute Gasteiger partial charge is 0.256 e. The third kappa shape index (κ3) is 5.81. The van der Waals surface area contributed by atoms with Gasteiger partial charge in [0.2, 0.25) is 10.0 Å². The van der Waals surface area contributed by atoms with E-state index in [1.807, 2.05) is 0 Å². The molecule has 0 spiro atoms. The Labute approximate surface area is 177 Å². The highest BCUT2D eigenvalue weighted by Crippen LogP contribution is 2.27. The van der Waals surface area contributed by atoms with E-state index in [9.17, 15) is 13.2 Å². The van der Waals surface area contributed by atoms with Gasteiger partial charge in [-0.3, -0.25) is 4.79 Å². The summed E-state index contributed by atoms with van der Waals surface area (Å²) in [7, 11) is -3.79. The van der Waals surface area contributed by atoms with Crippen LogP contribution in [0.2, 0.25) is 0 Å². The molecular weight excluding hydrogens is 402 g/mol. The third-order valence-corrected chi connectivity index (χ3v) is 6.37. The number of aromatic nitrogens is 1. The average Bonchev–Trinajstić information content (AvgIpc) is 2.78. The average molecular weight is 428 g/mol. The monoisotopic (exact) mass is 427 g/mol. The summed E-state index contributed by atoms with van der Waals surface area (Å²) in [6, 6.07) is 9.22. The standard InChI is InChI=1S/C22H25N3O4S/c1-2-13-24-30(27,28)19-11-6-10-18(15-19)22(26)25-21-20(12-7-14-23-21)29-16-17-8-4-3-5-9-17/h1,6-7,10-12,14-15,17,24H,3-5,8-9,13,16H2,(H,23,25,26). The van der Waals surface area contributed by atoms with Crippen LogP contribution in [0.15, 0.2) is 47.5 Å². The molecule has 2 N–H and O–H groups in total. The van der Waals surface area contributed by atoms with Crippen LogP contribution in [0, 0.1) is 18.3 Å². The van der Waals surface area contributed by atoms with Gasteiger partial charge in [0.15, 0.2) is 11.6 Å². The number of carbonyl (C=O) groups excluding carboxylic acids is 1. The summed E-state index contributed by atoms with van der Waals surface area (Å²) in [5.74, 6) is 3.05. The van der Waals surface area contributed by atoms with E-state index in [2.05, 4.69) is 20.9 Å². The molecule has 7 nitrogen and oxygen atoms in total. The Kier molecular flexibility index (Phi) is 7.44. The number of hydrogen-bond donors (Lipinski definition) is 2. The molecule has 8 heteroatoms.